The largest absolute Gasteiger partial charge is 0.495 e. The second-order valence-electron chi connectivity index (χ2n) is 5.88. The number of benzene rings is 2. The van der Waals surface area contributed by atoms with Crippen LogP contribution in [0.25, 0.3) is 0 Å². The summed E-state index contributed by atoms with van der Waals surface area (Å²) >= 11 is 6.02. The summed E-state index contributed by atoms with van der Waals surface area (Å²) in [6.07, 6.45) is 0. The molecule has 1 amide bonds. The van der Waals surface area contributed by atoms with Crippen LogP contribution in [0.15, 0.2) is 36.4 Å². The van der Waals surface area contributed by atoms with Gasteiger partial charge in [-0.05, 0) is 37.6 Å². The number of rotatable bonds is 8. The smallest absolute Gasteiger partial charge is 0.344 e. The van der Waals surface area contributed by atoms with E-state index in [1.807, 2.05) is 0 Å². The third kappa shape index (κ3) is 5.99. The Bertz CT molecular complexity index is 896. The molecule has 0 spiro atoms. The number of hydrogen-bond donors (Lipinski definition) is 1. The van der Waals surface area contributed by atoms with Crippen LogP contribution in [-0.4, -0.2) is 38.0 Å². The van der Waals surface area contributed by atoms with Crippen molar-refractivity contribution >= 4 is 34.9 Å². The van der Waals surface area contributed by atoms with Crippen molar-refractivity contribution in [3.63, 3.8) is 0 Å². The molecule has 0 saturated heterocycles. The number of esters is 1. The van der Waals surface area contributed by atoms with E-state index in [1.54, 1.807) is 37.3 Å². The normalized spacial score (nSPS) is 10.1. The summed E-state index contributed by atoms with van der Waals surface area (Å²) in [5.74, 6) is -0.619. The van der Waals surface area contributed by atoms with Crippen LogP contribution in [0.4, 0.5) is 5.69 Å². The van der Waals surface area contributed by atoms with Gasteiger partial charge in [0, 0.05) is 16.7 Å². The molecule has 7 nitrogen and oxygen atoms in total. The number of aryl methyl sites for hydroxylation is 1. The number of ether oxygens (including phenoxy) is 3. The first-order chi connectivity index (χ1) is 13.3. The lowest BCUT2D eigenvalue weighted by atomic mass is 10.1. The predicted molar refractivity (Wildman–Crippen MR) is 104 cm³/mol. The van der Waals surface area contributed by atoms with E-state index in [1.165, 1.54) is 20.1 Å². The summed E-state index contributed by atoms with van der Waals surface area (Å²) < 4.78 is 15.3. The average Bonchev–Trinajstić information content (AvgIpc) is 2.67. The van der Waals surface area contributed by atoms with Crippen LogP contribution < -0.4 is 14.8 Å². The summed E-state index contributed by atoms with van der Waals surface area (Å²) in [6.45, 7) is 2.34. The summed E-state index contributed by atoms with van der Waals surface area (Å²) in [7, 11) is 1.45. The van der Waals surface area contributed by atoms with Crippen LogP contribution in [-0.2, 0) is 14.3 Å². The highest BCUT2D eigenvalue weighted by molar-refractivity contribution is 6.31. The SMILES string of the molecule is COc1cc(Cl)c(C)cc1NC(=O)COC(=O)COc1cccc(C(C)=O)c1. The van der Waals surface area contributed by atoms with Crippen LogP contribution in [0.3, 0.4) is 0 Å². The molecule has 0 aliphatic rings. The molecule has 0 aromatic heterocycles. The Morgan fingerprint density at radius 1 is 1.11 bits per heavy atom. The predicted octanol–water partition coefficient (Wildman–Crippen LogP) is 3.42. The fourth-order valence-corrected chi connectivity index (χ4v) is 2.40. The Morgan fingerprint density at radius 2 is 1.86 bits per heavy atom. The number of nitrogens with one attached hydrogen (secondary N) is 1. The van der Waals surface area contributed by atoms with E-state index < -0.39 is 25.1 Å². The molecule has 2 rings (SSSR count). The average molecular weight is 406 g/mol. The van der Waals surface area contributed by atoms with E-state index in [0.29, 0.717) is 27.8 Å². The minimum Gasteiger partial charge on any atom is -0.495 e. The molecule has 8 heteroatoms. The van der Waals surface area contributed by atoms with E-state index in [4.69, 9.17) is 25.8 Å². The summed E-state index contributed by atoms with van der Waals surface area (Å²) in [4.78, 5) is 35.1. The molecule has 1 N–H and O–H groups in total. The van der Waals surface area contributed by atoms with E-state index in [2.05, 4.69) is 5.32 Å². The minimum absolute atomic E-state index is 0.113. The number of carbonyl (C=O) groups excluding carboxylic acids is 3. The molecule has 0 aliphatic heterocycles. The molecule has 148 valence electrons. The lowest BCUT2D eigenvalue weighted by Crippen LogP contribution is -2.24. The summed E-state index contributed by atoms with van der Waals surface area (Å²) in [5.41, 5.74) is 1.65. The number of methoxy groups -OCH3 is 1. The van der Waals surface area contributed by atoms with E-state index >= 15 is 0 Å². The van der Waals surface area contributed by atoms with Gasteiger partial charge in [-0.3, -0.25) is 9.59 Å². The Morgan fingerprint density at radius 3 is 2.54 bits per heavy atom. The maximum atomic E-state index is 12.0. The maximum absolute atomic E-state index is 12.0. The number of carbonyl (C=O) groups is 3. The molecule has 0 aliphatic carbocycles. The van der Waals surface area contributed by atoms with Crippen molar-refractivity contribution in [2.24, 2.45) is 0 Å². The van der Waals surface area contributed by atoms with Crippen molar-refractivity contribution in [1.29, 1.82) is 0 Å². The highest BCUT2D eigenvalue weighted by Crippen LogP contribution is 2.30. The van der Waals surface area contributed by atoms with Crippen LogP contribution >= 0.6 is 11.6 Å². The van der Waals surface area contributed by atoms with Gasteiger partial charge in [-0.2, -0.15) is 0 Å². The molecule has 2 aromatic rings. The van der Waals surface area contributed by atoms with Gasteiger partial charge < -0.3 is 19.5 Å². The van der Waals surface area contributed by atoms with Crippen LogP contribution in [0.2, 0.25) is 5.02 Å². The fraction of sp³-hybridized carbons (Fsp3) is 0.250. The van der Waals surface area contributed by atoms with Crippen molar-refractivity contribution in [2.45, 2.75) is 13.8 Å². The Balaban J connectivity index is 1.84. The third-order valence-corrected chi connectivity index (χ3v) is 4.12. The van der Waals surface area contributed by atoms with Crippen molar-refractivity contribution in [1.82, 2.24) is 0 Å². The van der Waals surface area contributed by atoms with Crippen molar-refractivity contribution < 1.29 is 28.6 Å². The van der Waals surface area contributed by atoms with Gasteiger partial charge in [0.25, 0.3) is 5.91 Å². The highest BCUT2D eigenvalue weighted by atomic mass is 35.5. The lowest BCUT2D eigenvalue weighted by Gasteiger charge is -2.12. The van der Waals surface area contributed by atoms with Crippen LogP contribution in [0.1, 0.15) is 22.8 Å². The second-order valence-corrected chi connectivity index (χ2v) is 6.29. The molecule has 0 unspecified atom stereocenters. The quantitative estimate of drug-likeness (QED) is 0.534. The first kappa shape index (κ1) is 21.2. The van der Waals surface area contributed by atoms with Crippen molar-refractivity contribution in [2.75, 3.05) is 25.6 Å². The summed E-state index contributed by atoms with van der Waals surface area (Å²) in [5, 5.41) is 3.11. The molecular weight excluding hydrogens is 386 g/mol. The monoisotopic (exact) mass is 405 g/mol. The molecule has 0 bridgehead atoms. The van der Waals surface area contributed by atoms with E-state index in [0.717, 1.165) is 5.56 Å². The van der Waals surface area contributed by atoms with Crippen molar-refractivity contribution in [3.8, 4) is 11.5 Å². The Hall–Kier alpha value is -3.06. The number of hydrogen-bond acceptors (Lipinski definition) is 6. The number of halogens is 1. The standard InChI is InChI=1S/C20H20ClNO6/c1-12-7-17(18(26-3)9-16(12)21)22-19(24)10-28-20(25)11-27-15-6-4-5-14(8-15)13(2)23/h4-9H,10-11H2,1-3H3,(H,22,24). The molecule has 0 fully saturated rings. The van der Waals surface area contributed by atoms with Gasteiger partial charge in [-0.1, -0.05) is 23.7 Å². The zero-order valence-electron chi connectivity index (χ0n) is 15.7. The van der Waals surface area contributed by atoms with Gasteiger partial charge >= 0.3 is 5.97 Å². The molecular formula is C20H20ClNO6. The maximum Gasteiger partial charge on any atom is 0.344 e. The topological polar surface area (TPSA) is 90.9 Å². The van der Waals surface area contributed by atoms with Gasteiger partial charge in [0.05, 0.1) is 12.8 Å². The molecule has 0 saturated carbocycles. The fourth-order valence-electron chi connectivity index (χ4n) is 2.25. The van der Waals surface area contributed by atoms with Gasteiger partial charge in [0.1, 0.15) is 11.5 Å². The number of anilines is 1. The molecule has 2 aromatic carbocycles. The van der Waals surface area contributed by atoms with Gasteiger partial charge in [0.15, 0.2) is 19.0 Å². The van der Waals surface area contributed by atoms with E-state index in [-0.39, 0.29) is 5.78 Å². The first-order valence-electron chi connectivity index (χ1n) is 8.33. The second kappa shape index (κ2) is 9.75. The number of ketones is 1. The van der Waals surface area contributed by atoms with Gasteiger partial charge in [-0.25, -0.2) is 4.79 Å². The van der Waals surface area contributed by atoms with Crippen LogP contribution in [0, 0.1) is 6.92 Å². The van der Waals surface area contributed by atoms with Crippen molar-refractivity contribution in [3.05, 3.63) is 52.5 Å². The summed E-state index contributed by atoms with van der Waals surface area (Å²) in [6, 6.07) is 9.67. The molecule has 28 heavy (non-hydrogen) atoms. The number of amides is 1. The van der Waals surface area contributed by atoms with Crippen LogP contribution in [0.5, 0.6) is 11.5 Å². The molecule has 0 heterocycles. The molecule has 0 radical (unpaired) electrons. The van der Waals surface area contributed by atoms with E-state index in [9.17, 15) is 14.4 Å². The number of Topliss-reactive ketones (excluding diaryl/α,β-unsaturated/α-hetero) is 1. The first-order valence-corrected chi connectivity index (χ1v) is 8.71. The van der Waals surface area contributed by atoms with Gasteiger partial charge in [-0.15, -0.1) is 0 Å². The molecule has 0 atom stereocenters. The zero-order valence-corrected chi connectivity index (χ0v) is 16.5. The Kier molecular flexibility index (Phi) is 7.40. The third-order valence-electron chi connectivity index (χ3n) is 3.72. The van der Waals surface area contributed by atoms with Gasteiger partial charge in [0.2, 0.25) is 0 Å². The zero-order chi connectivity index (χ0) is 20.7. The Labute approximate surface area is 167 Å². The lowest BCUT2D eigenvalue weighted by molar-refractivity contribution is -0.149. The minimum atomic E-state index is -0.720. The highest BCUT2D eigenvalue weighted by Gasteiger charge is 2.13.